The van der Waals surface area contributed by atoms with E-state index >= 15 is 0 Å². The Hall–Kier alpha value is -2.36. The summed E-state index contributed by atoms with van der Waals surface area (Å²) >= 11 is 0. The molecule has 4 fully saturated rings. The molecule has 150 valence electrons. The van der Waals surface area contributed by atoms with Crippen LogP contribution in [0.4, 0.5) is 17.2 Å². The van der Waals surface area contributed by atoms with E-state index in [1.807, 2.05) is 24.4 Å². The van der Waals surface area contributed by atoms with Crippen LogP contribution in [0.2, 0.25) is 0 Å². The number of pyridine rings is 1. The van der Waals surface area contributed by atoms with Crippen LogP contribution in [0.3, 0.4) is 0 Å². The molecule has 5 aliphatic rings. The van der Waals surface area contributed by atoms with Crippen molar-refractivity contribution in [1.29, 1.82) is 0 Å². The Bertz CT molecular complexity index is 972. The van der Waals surface area contributed by atoms with Crippen molar-refractivity contribution < 1.29 is 4.79 Å². The van der Waals surface area contributed by atoms with E-state index in [0.29, 0.717) is 18.4 Å². The normalized spacial score (nSPS) is 34.6. The molecule has 1 aromatic carbocycles. The van der Waals surface area contributed by atoms with Gasteiger partial charge in [0.15, 0.2) is 0 Å². The van der Waals surface area contributed by atoms with Gasteiger partial charge in [0.2, 0.25) is 5.91 Å². The fourth-order valence-electron chi connectivity index (χ4n) is 7.09. The van der Waals surface area contributed by atoms with Crippen LogP contribution < -0.4 is 10.2 Å². The summed E-state index contributed by atoms with van der Waals surface area (Å²) in [6.07, 6.45) is 9.24. The monoisotopic (exact) mass is 387 g/mol. The van der Waals surface area contributed by atoms with Gasteiger partial charge in [-0.15, -0.1) is 0 Å². The minimum absolute atomic E-state index is 0.196. The molecule has 5 atom stereocenters. The van der Waals surface area contributed by atoms with Crippen molar-refractivity contribution in [1.82, 2.24) is 4.98 Å². The number of nitrogens with one attached hydrogen (secondary N) is 1. The summed E-state index contributed by atoms with van der Waals surface area (Å²) in [6.45, 7) is 2.98. The lowest BCUT2D eigenvalue weighted by Gasteiger charge is -2.50. The molecular formula is C25H29N3O. The molecule has 7 rings (SSSR count). The minimum Gasteiger partial charge on any atom is -0.338 e. The number of carbonyl (C=O) groups excluding carboxylic acids is 1. The first-order valence-electron chi connectivity index (χ1n) is 11.3. The van der Waals surface area contributed by atoms with Crippen LogP contribution in [0, 0.1) is 29.1 Å². The van der Waals surface area contributed by atoms with E-state index in [0.717, 1.165) is 53.4 Å². The van der Waals surface area contributed by atoms with Crippen molar-refractivity contribution >= 4 is 23.1 Å². The van der Waals surface area contributed by atoms with Crippen LogP contribution in [-0.2, 0) is 11.3 Å². The number of hydrogen-bond acceptors (Lipinski definition) is 3. The van der Waals surface area contributed by atoms with Gasteiger partial charge in [-0.3, -0.25) is 4.79 Å². The Morgan fingerprint density at radius 3 is 2.93 bits per heavy atom. The molecule has 1 aliphatic heterocycles. The standard InChI is InChI=1S/C25H29N3O/c1-16-20-12-17-8-9-25(16,14-18(11-17)13-20)24(29)28-15-19-5-4-10-26-23(19)27-21-6-2-3-7-22(21)28/h2-7,10,16-18,20H,8-9,11-15H2,1H3,(H,26,27)/t16-,17+,18-,20+,25+/m1/s1. The van der Waals surface area contributed by atoms with Gasteiger partial charge in [0.05, 0.1) is 23.3 Å². The highest BCUT2D eigenvalue weighted by molar-refractivity contribution is 6.01. The minimum atomic E-state index is -0.196. The Balaban J connectivity index is 1.46. The molecule has 1 N–H and O–H groups in total. The maximum atomic E-state index is 14.4. The molecule has 4 nitrogen and oxygen atoms in total. The van der Waals surface area contributed by atoms with Gasteiger partial charge in [-0.1, -0.05) is 25.1 Å². The number of fused-ring (bicyclic) bond motifs is 3. The average Bonchev–Trinajstić information content (AvgIpc) is 3.03. The topological polar surface area (TPSA) is 45.2 Å². The molecule has 1 aromatic heterocycles. The van der Waals surface area contributed by atoms with Crippen LogP contribution >= 0.6 is 0 Å². The molecule has 4 saturated carbocycles. The lowest BCUT2D eigenvalue weighted by atomic mass is 9.55. The van der Waals surface area contributed by atoms with Gasteiger partial charge in [-0.05, 0) is 80.4 Å². The van der Waals surface area contributed by atoms with E-state index in [2.05, 4.69) is 40.3 Å². The summed E-state index contributed by atoms with van der Waals surface area (Å²) in [7, 11) is 0. The molecule has 1 amide bonds. The molecule has 4 bridgehead atoms. The third-order valence-corrected chi connectivity index (χ3v) is 8.51. The van der Waals surface area contributed by atoms with Gasteiger partial charge in [0, 0.05) is 11.8 Å². The SMILES string of the molecule is C[C@@H]1[C@@H]2C[C@H]3C[C@H](CC[C@]1(C(=O)N1Cc4cccnc4Nc4ccccc41)C3)C2. The number of carbonyl (C=O) groups is 1. The van der Waals surface area contributed by atoms with Crippen molar-refractivity contribution in [2.75, 3.05) is 10.2 Å². The summed E-state index contributed by atoms with van der Waals surface area (Å²) < 4.78 is 0. The van der Waals surface area contributed by atoms with Crippen molar-refractivity contribution in [3.8, 4) is 0 Å². The lowest BCUT2D eigenvalue weighted by molar-refractivity contribution is -0.138. The molecule has 0 radical (unpaired) electrons. The highest BCUT2D eigenvalue weighted by atomic mass is 16.2. The van der Waals surface area contributed by atoms with Gasteiger partial charge in [0.25, 0.3) is 0 Å². The van der Waals surface area contributed by atoms with E-state index in [4.69, 9.17) is 0 Å². The second-order valence-corrected chi connectivity index (χ2v) is 9.93. The van der Waals surface area contributed by atoms with Gasteiger partial charge in [-0.2, -0.15) is 0 Å². The zero-order chi connectivity index (χ0) is 19.6. The smallest absolute Gasteiger partial charge is 0.233 e. The van der Waals surface area contributed by atoms with Crippen molar-refractivity contribution in [3.63, 3.8) is 0 Å². The van der Waals surface area contributed by atoms with E-state index < -0.39 is 0 Å². The van der Waals surface area contributed by atoms with E-state index in [1.54, 1.807) is 0 Å². The van der Waals surface area contributed by atoms with Gasteiger partial charge in [-0.25, -0.2) is 4.98 Å². The molecule has 0 unspecified atom stereocenters. The molecule has 2 aromatic rings. The maximum absolute atomic E-state index is 14.4. The molecule has 0 saturated heterocycles. The summed E-state index contributed by atoms with van der Waals surface area (Å²) in [5.74, 6) is 4.03. The van der Waals surface area contributed by atoms with Crippen molar-refractivity contribution in [3.05, 3.63) is 48.2 Å². The highest BCUT2D eigenvalue weighted by Crippen LogP contribution is 2.61. The largest absolute Gasteiger partial charge is 0.338 e. The summed E-state index contributed by atoms with van der Waals surface area (Å²) in [4.78, 5) is 21.0. The third kappa shape index (κ3) is 2.57. The summed E-state index contributed by atoms with van der Waals surface area (Å²) in [5.41, 5.74) is 2.87. The number of nitrogens with zero attached hydrogens (tertiary/aromatic N) is 2. The molecule has 4 aliphatic carbocycles. The number of rotatable bonds is 1. The van der Waals surface area contributed by atoms with E-state index in [9.17, 15) is 4.79 Å². The van der Waals surface area contributed by atoms with E-state index in [-0.39, 0.29) is 5.41 Å². The summed E-state index contributed by atoms with van der Waals surface area (Å²) in [5, 5.41) is 3.48. The zero-order valence-electron chi connectivity index (χ0n) is 17.1. The first-order chi connectivity index (χ1) is 14.1. The average molecular weight is 388 g/mol. The predicted molar refractivity (Wildman–Crippen MR) is 115 cm³/mol. The molecule has 0 spiro atoms. The molecular weight excluding hydrogens is 358 g/mol. The lowest BCUT2D eigenvalue weighted by Crippen LogP contribution is -2.52. The van der Waals surface area contributed by atoms with Gasteiger partial charge >= 0.3 is 0 Å². The van der Waals surface area contributed by atoms with Crippen LogP contribution in [0.25, 0.3) is 0 Å². The van der Waals surface area contributed by atoms with E-state index in [1.165, 1.54) is 25.7 Å². The van der Waals surface area contributed by atoms with Gasteiger partial charge in [0.1, 0.15) is 5.82 Å². The predicted octanol–water partition coefficient (Wildman–Crippen LogP) is 5.52. The Labute approximate surface area is 172 Å². The van der Waals surface area contributed by atoms with Crippen LogP contribution in [-0.4, -0.2) is 10.9 Å². The second kappa shape index (κ2) is 6.32. The first-order valence-corrected chi connectivity index (χ1v) is 11.3. The Morgan fingerprint density at radius 2 is 2.00 bits per heavy atom. The number of para-hydroxylation sites is 2. The van der Waals surface area contributed by atoms with Crippen LogP contribution in [0.1, 0.15) is 51.0 Å². The highest BCUT2D eigenvalue weighted by Gasteiger charge is 2.57. The number of hydrogen-bond donors (Lipinski definition) is 1. The molecule has 2 heterocycles. The number of aromatic nitrogens is 1. The number of anilines is 3. The van der Waals surface area contributed by atoms with Gasteiger partial charge < -0.3 is 10.2 Å². The zero-order valence-corrected chi connectivity index (χ0v) is 17.1. The quantitative estimate of drug-likeness (QED) is 0.700. The fraction of sp³-hybridized carbons (Fsp3) is 0.520. The van der Waals surface area contributed by atoms with Crippen molar-refractivity contribution in [2.24, 2.45) is 29.1 Å². The molecule has 29 heavy (non-hydrogen) atoms. The van der Waals surface area contributed by atoms with Crippen molar-refractivity contribution in [2.45, 2.75) is 52.0 Å². The maximum Gasteiger partial charge on any atom is 0.233 e. The Morgan fingerprint density at radius 1 is 1.14 bits per heavy atom. The summed E-state index contributed by atoms with van der Waals surface area (Å²) in [6, 6.07) is 12.3. The fourth-order valence-corrected chi connectivity index (χ4v) is 7.09. The third-order valence-electron chi connectivity index (χ3n) is 8.51. The number of amides is 1. The number of benzene rings is 1. The Kier molecular flexibility index (Phi) is 3.81. The second-order valence-electron chi connectivity index (χ2n) is 9.93. The first kappa shape index (κ1) is 17.5. The van der Waals surface area contributed by atoms with Crippen LogP contribution in [0.5, 0.6) is 0 Å². The van der Waals surface area contributed by atoms with Crippen LogP contribution in [0.15, 0.2) is 42.6 Å². The molecule has 4 heteroatoms.